The van der Waals surface area contributed by atoms with Crippen LogP contribution in [0.1, 0.15) is 128 Å². The minimum absolute atomic E-state index is 0.0291. The standard InChI is InChI=1S/C73H66N6/c1-70(2,3)48-25-31-61-54(37-48)55-38-49(71(4,5)6)26-32-62(55)77(61)67-58(41-74)68(78-63-33-27-50(72(7,8)9)39-56(63)57-40-51(73(10,11)12)28-34-64(57)78)60(43-76)69(59(67)42-75)79-65-35-46(44-19-15-13-16-20-44)23-29-52(65)53-30-24-47(36-66(53)79)45-21-17-14-18-22-45/h13-39,51H,40H2,1-12H3. The Morgan fingerprint density at radius 1 is 0.380 bits per heavy atom. The van der Waals surface area contributed by atoms with Crippen LogP contribution in [-0.4, -0.2) is 13.7 Å². The van der Waals surface area contributed by atoms with E-state index in [2.05, 4.69) is 242 Å². The molecule has 8 aromatic carbocycles. The second kappa shape index (κ2) is 18.1. The van der Waals surface area contributed by atoms with Crippen LogP contribution in [0.4, 0.5) is 0 Å². The Labute approximate surface area is 464 Å². The van der Waals surface area contributed by atoms with Crippen LogP contribution in [0, 0.1) is 45.3 Å². The van der Waals surface area contributed by atoms with Crippen LogP contribution in [0.25, 0.3) is 99.9 Å². The average Bonchev–Trinajstić information content (AvgIpc) is 3.29. The van der Waals surface area contributed by atoms with Crippen LogP contribution in [-0.2, 0) is 22.7 Å². The third-order valence-electron chi connectivity index (χ3n) is 16.9. The van der Waals surface area contributed by atoms with E-state index in [4.69, 9.17) is 0 Å². The Morgan fingerprint density at radius 2 is 0.759 bits per heavy atom. The lowest BCUT2D eigenvalue weighted by Crippen LogP contribution is -2.23. The molecule has 6 heteroatoms. The summed E-state index contributed by atoms with van der Waals surface area (Å²) in [6.45, 7) is 27.0. The number of nitriles is 3. The maximum Gasteiger partial charge on any atom is 0.104 e. The summed E-state index contributed by atoms with van der Waals surface area (Å²) < 4.78 is 6.52. The number of hydrogen-bond donors (Lipinski definition) is 0. The minimum atomic E-state index is -0.163. The molecule has 0 bridgehead atoms. The molecule has 11 aromatic rings. The highest BCUT2D eigenvalue weighted by Gasteiger charge is 2.36. The van der Waals surface area contributed by atoms with Crippen molar-refractivity contribution in [3.63, 3.8) is 0 Å². The van der Waals surface area contributed by atoms with Crippen LogP contribution in [0.2, 0.25) is 0 Å². The number of nitrogens with zero attached hydrogens (tertiary/aromatic N) is 6. The lowest BCUT2D eigenvalue weighted by molar-refractivity contribution is 0.291. The highest BCUT2D eigenvalue weighted by atomic mass is 15.1. The summed E-state index contributed by atoms with van der Waals surface area (Å²) in [7, 11) is 0. The van der Waals surface area contributed by atoms with E-state index in [1.54, 1.807) is 0 Å². The van der Waals surface area contributed by atoms with Gasteiger partial charge in [0, 0.05) is 32.6 Å². The first-order chi connectivity index (χ1) is 37.6. The fourth-order valence-corrected chi connectivity index (χ4v) is 12.3. The molecule has 6 nitrogen and oxygen atoms in total. The van der Waals surface area contributed by atoms with Crippen molar-refractivity contribution in [1.29, 1.82) is 15.8 Å². The van der Waals surface area contributed by atoms with E-state index < -0.39 is 0 Å². The number of fused-ring (bicyclic) bond motifs is 9. The van der Waals surface area contributed by atoms with E-state index in [0.29, 0.717) is 17.1 Å². The van der Waals surface area contributed by atoms with E-state index >= 15 is 0 Å². The zero-order chi connectivity index (χ0) is 55.7. The van der Waals surface area contributed by atoms with Gasteiger partial charge in [-0.25, -0.2) is 0 Å². The molecular weight excluding hydrogens is 961 g/mol. The molecule has 388 valence electrons. The van der Waals surface area contributed by atoms with Gasteiger partial charge < -0.3 is 13.7 Å². The molecule has 79 heavy (non-hydrogen) atoms. The Morgan fingerprint density at radius 3 is 1.15 bits per heavy atom. The van der Waals surface area contributed by atoms with Crippen molar-refractivity contribution in [3.05, 3.63) is 202 Å². The van der Waals surface area contributed by atoms with Gasteiger partial charge in [0.1, 0.15) is 34.9 Å². The maximum atomic E-state index is 12.4. The van der Waals surface area contributed by atoms with Gasteiger partial charge in [0.15, 0.2) is 0 Å². The summed E-state index contributed by atoms with van der Waals surface area (Å²) in [5, 5.41) is 42.2. The number of hydrogen-bond acceptors (Lipinski definition) is 3. The zero-order valence-corrected chi connectivity index (χ0v) is 47.6. The summed E-state index contributed by atoms with van der Waals surface area (Å²) in [6, 6.07) is 62.1. The molecule has 0 saturated carbocycles. The molecule has 0 aliphatic heterocycles. The van der Waals surface area contributed by atoms with Gasteiger partial charge in [-0.1, -0.05) is 192 Å². The third-order valence-corrected chi connectivity index (χ3v) is 16.9. The van der Waals surface area contributed by atoms with E-state index in [-0.39, 0.29) is 44.3 Å². The lowest BCUT2D eigenvalue weighted by atomic mass is 9.74. The monoisotopic (exact) mass is 1030 g/mol. The molecule has 0 amide bonds. The Hall–Kier alpha value is -8.89. The molecule has 1 unspecified atom stereocenters. The number of rotatable bonds is 5. The van der Waals surface area contributed by atoms with Gasteiger partial charge in [-0.2, -0.15) is 15.8 Å². The number of allylic oxidation sites excluding steroid dienone is 1. The molecule has 3 heterocycles. The predicted molar refractivity (Wildman–Crippen MR) is 329 cm³/mol. The van der Waals surface area contributed by atoms with Crippen LogP contribution >= 0.6 is 0 Å². The van der Waals surface area contributed by atoms with Gasteiger partial charge in [0.2, 0.25) is 0 Å². The second-order valence-electron chi connectivity index (χ2n) is 26.1. The van der Waals surface area contributed by atoms with E-state index in [1.807, 2.05) is 36.4 Å². The van der Waals surface area contributed by atoms with Gasteiger partial charge in [-0.3, -0.25) is 0 Å². The van der Waals surface area contributed by atoms with Gasteiger partial charge in [0.25, 0.3) is 0 Å². The smallest absolute Gasteiger partial charge is 0.104 e. The van der Waals surface area contributed by atoms with Crippen molar-refractivity contribution in [1.82, 2.24) is 13.7 Å². The van der Waals surface area contributed by atoms with Crippen molar-refractivity contribution in [3.8, 4) is 57.5 Å². The minimum Gasteiger partial charge on any atom is -0.307 e. The lowest BCUT2D eigenvalue weighted by Gasteiger charge is -2.31. The van der Waals surface area contributed by atoms with Crippen LogP contribution in [0.15, 0.2) is 158 Å². The predicted octanol–water partition coefficient (Wildman–Crippen LogP) is 18.9. The Balaban J connectivity index is 1.34. The average molecular weight is 1030 g/mol. The van der Waals surface area contributed by atoms with Crippen molar-refractivity contribution in [2.45, 2.75) is 106 Å². The Kier molecular flexibility index (Phi) is 11.7. The topological polar surface area (TPSA) is 86.2 Å². The van der Waals surface area contributed by atoms with Crippen molar-refractivity contribution in [2.24, 2.45) is 11.3 Å². The molecule has 0 saturated heterocycles. The Bertz CT molecular complexity index is 4330. The molecular formula is C73H66N6. The molecule has 1 aliphatic carbocycles. The van der Waals surface area contributed by atoms with Gasteiger partial charge >= 0.3 is 0 Å². The van der Waals surface area contributed by atoms with Crippen LogP contribution in [0.5, 0.6) is 0 Å². The summed E-state index contributed by atoms with van der Waals surface area (Å²) >= 11 is 0. The second-order valence-corrected chi connectivity index (χ2v) is 26.1. The molecule has 12 rings (SSSR count). The number of aromatic nitrogens is 3. The fraction of sp³-hybridized carbons (Fsp3) is 0.247. The van der Waals surface area contributed by atoms with Crippen molar-refractivity contribution in [2.75, 3.05) is 0 Å². The van der Waals surface area contributed by atoms with Gasteiger partial charge in [0.05, 0.1) is 44.6 Å². The van der Waals surface area contributed by atoms with Gasteiger partial charge in [-0.15, -0.1) is 0 Å². The zero-order valence-electron chi connectivity index (χ0n) is 47.6. The largest absolute Gasteiger partial charge is 0.307 e. The first-order valence-corrected chi connectivity index (χ1v) is 27.7. The van der Waals surface area contributed by atoms with Gasteiger partial charge in [-0.05, 0) is 133 Å². The molecule has 1 atom stereocenters. The highest BCUT2D eigenvalue weighted by Crippen LogP contribution is 2.49. The number of benzene rings is 8. The van der Waals surface area contributed by atoms with Crippen LogP contribution in [0.3, 0.4) is 0 Å². The SMILES string of the molecule is CC(C)(C)c1ccc2c(c1)c1c(n2-c2c(C#N)c(-n3c4ccc(C(C)(C)C)cc4c4cc(C(C)(C)C)ccc43)c(C#N)c(-n3c4cc(-c5ccccc5)ccc4c4ccc(-c5ccccc5)cc43)c2C#N)C=CC(C(C)(C)C)C1. The summed E-state index contributed by atoms with van der Waals surface area (Å²) in [5.74, 6) is 0.235. The molecule has 0 fully saturated rings. The van der Waals surface area contributed by atoms with Crippen LogP contribution < -0.4 is 0 Å². The van der Waals surface area contributed by atoms with E-state index in [0.717, 1.165) is 88.9 Å². The molecule has 0 radical (unpaired) electrons. The molecule has 0 spiro atoms. The first kappa shape index (κ1) is 50.9. The quantitative estimate of drug-likeness (QED) is 0.172. The maximum absolute atomic E-state index is 12.4. The molecule has 3 aromatic heterocycles. The van der Waals surface area contributed by atoms with E-state index in [1.165, 1.54) is 22.3 Å². The fourth-order valence-electron chi connectivity index (χ4n) is 12.3. The van der Waals surface area contributed by atoms with E-state index in [9.17, 15) is 15.8 Å². The van der Waals surface area contributed by atoms with Crippen molar-refractivity contribution >= 4 is 60.6 Å². The normalized spacial score (nSPS) is 14.1. The highest BCUT2D eigenvalue weighted by molar-refractivity contribution is 6.13. The molecule has 1 aliphatic rings. The first-order valence-electron chi connectivity index (χ1n) is 27.7. The molecule has 0 N–H and O–H groups in total. The van der Waals surface area contributed by atoms with Crippen molar-refractivity contribution < 1.29 is 0 Å². The third kappa shape index (κ3) is 8.18. The summed E-state index contributed by atoms with van der Waals surface area (Å²) in [4.78, 5) is 0. The summed E-state index contributed by atoms with van der Waals surface area (Å²) in [6.07, 6.45) is 5.33. The summed E-state index contributed by atoms with van der Waals surface area (Å²) in [5.41, 5.74) is 15.6.